The number of ether oxygens (including phenoxy) is 1. The molecule has 0 saturated heterocycles. The number of hydrogen-bond donors (Lipinski definition) is 1. The molecule has 0 bridgehead atoms. The van der Waals surface area contributed by atoms with E-state index < -0.39 is 18.6 Å². The van der Waals surface area contributed by atoms with Crippen LogP contribution in [0.4, 0.5) is 13.2 Å². The Balaban J connectivity index is 2.65. The molecule has 102 valence electrons. The fourth-order valence-electron chi connectivity index (χ4n) is 1.49. The van der Waals surface area contributed by atoms with E-state index in [1.807, 2.05) is 0 Å². The predicted octanol–water partition coefficient (Wildman–Crippen LogP) is 2.15. The molecular formula is C10H13F3N2O3. The molecule has 5 nitrogen and oxygen atoms in total. The largest absolute Gasteiger partial charge is 0.477 e. The number of carboxylic acid groups (broad SMARTS) is 1. The molecule has 18 heavy (non-hydrogen) atoms. The highest BCUT2D eigenvalue weighted by Crippen LogP contribution is 2.24. The normalized spacial score (nSPS) is 11.6. The third kappa shape index (κ3) is 3.64. The lowest BCUT2D eigenvalue weighted by atomic mass is 10.2. The van der Waals surface area contributed by atoms with E-state index in [9.17, 15) is 18.0 Å². The molecule has 0 aromatic carbocycles. The lowest BCUT2D eigenvalue weighted by molar-refractivity contribution is -0.136. The monoisotopic (exact) mass is 266 g/mol. The SMILES string of the molecule is Cc1nn(C)c(OCCCC(F)(F)F)c1C(=O)O. The first-order chi connectivity index (χ1) is 8.22. The van der Waals surface area contributed by atoms with Crippen molar-refractivity contribution in [3.8, 4) is 5.88 Å². The molecule has 1 aromatic heterocycles. The van der Waals surface area contributed by atoms with Crippen molar-refractivity contribution in [1.29, 1.82) is 0 Å². The number of aryl methyl sites for hydroxylation is 2. The van der Waals surface area contributed by atoms with Crippen LogP contribution in [-0.4, -0.2) is 33.6 Å². The Morgan fingerprint density at radius 1 is 1.50 bits per heavy atom. The first-order valence-electron chi connectivity index (χ1n) is 5.19. The molecule has 0 aliphatic carbocycles. The smallest absolute Gasteiger partial charge is 0.389 e. The third-order valence-corrected chi connectivity index (χ3v) is 2.23. The standard InChI is InChI=1S/C10H13F3N2O3/c1-6-7(9(16)17)8(15(2)14-6)18-5-3-4-10(11,12)13/h3-5H2,1-2H3,(H,16,17). The zero-order valence-electron chi connectivity index (χ0n) is 9.91. The number of hydrogen-bond acceptors (Lipinski definition) is 3. The minimum Gasteiger partial charge on any atom is -0.477 e. The quantitative estimate of drug-likeness (QED) is 0.829. The van der Waals surface area contributed by atoms with Crippen LogP contribution in [0.2, 0.25) is 0 Å². The molecule has 8 heteroatoms. The molecule has 0 amide bonds. The van der Waals surface area contributed by atoms with Gasteiger partial charge in [0.25, 0.3) is 0 Å². The van der Waals surface area contributed by atoms with Crippen molar-refractivity contribution in [3.63, 3.8) is 0 Å². The Bertz CT molecular complexity index is 440. The summed E-state index contributed by atoms with van der Waals surface area (Å²) in [6, 6.07) is 0. The van der Waals surface area contributed by atoms with Crippen LogP contribution in [0.3, 0.4) is 0 Å². The van der Waals surface area contributed by atoms with Gasteiger partial charge in [-0.15, -0.1) is 0 Å². The molecule has 1 heterocycles. The summed E-state index contributed by atoms with van der Waals surface area (Å²) in [6.07, 6.45) is -5.43. The van der Waals surface area contributed by atoms with Crippen LogP contribution in [0, 0.1) is 6.92 Å². The fourth-order valence-corrected chi connectivity index (χ4v) is 1.49. The van der Waals surface area contributed by atoms with Gasteiger partial charge in [0.2, 0.25) is 5.88 Å². The van der Waals surface area contributed by atoms with Gasteiger partial charge in [0.1, 0.15) is 5.56 Å². The number of halogens is 3. The summed E-state index contributed by atoms with van der Waals surface area (Å²) in [5, 5.41) is 12.8. The fraction of sp³-hybridized carbons (Fsp3) is 0.600. The lowest BCUT2D eigenvalue weighted by Crippen LogP contribution is -2.11. The molecular weight excluding hydrogens is 253 g/mol. The molecule has 0 radical (unpaired) electrons. The number of carboxylic acids is 1. The Morgan fingerprint density at radius 2 is 2.11 bits per heavy atom. The third-order valence-electron chi connectivity index (χ3n) is 2.23. The molecule has 0 unspecified atom stereocenters. The number of aromatic nitrogens is 2. The summed E-state index contributed by atoms with van der Waals surface area (Å²) in [6.45, 7) is 1.28. The van der Waals surface area contributed by atoms with Crippen LogP contribution < -0.4 is 4.74 Å². The van der Waals surface area contributed by atoms with Gasteiger partial charge in [-0.3, -0.25) is 0 Å². The van der Waals surface area contributed by atoms with E-state index in [2.05, 4.69) is 5.10 Å². The summed E-state index contributed by atoms with van der Waals surface area (Å²) in [5.74, 6) is -1.24. The predicted molar refractivity (Wildman–Crippen MR) is 55.7 cm³/mol. The highest BCUT2D eigenvalue weighted by molar-refractivity contribution is 5.91. The van der Waals surface area contributed by atoms with Gasteiger partial charge in [-0.2, -0.15) is 18.3 Å². The highest BCUT2D eigenvalue weighted by atomic mass is 19.4. The van der Waals surface area contributed by atoms with Gasteiger partial charge in [-0.05, 0) is 13.3 Å². The molecule has 0 saturated carbocycles. The van der Waals surface area contributed by atoms with Crippen LogP contribution in [0.15, 0.2) is 0 Å². The number of carbonyl (C=O) groups is 1. The Hall–Kier alpha value is -1.73. The van der Waals surface area contributed by atoms with Gasteiger partial charge >= 0.3 is 12.1 Å². The molecule has 0 fully saturated rings. The van der Waals surface area contributed by atoms with Gasteiger partial charge in [0, 0.05) is 13.5 Å². The Morgan fingerprint density at radius 3 is 2.61 bits per heavy atom. The molecule has 1 rings (SSSR count). The summed E-state index contributed by atoms with van der Waals surface area (Å²) >= 11 is 0. The van der Waals surface area contributed by atoms with Crippen LogP contribution >= 0.6 is 0 Å². The summed E-state index contributed by atoms with van der Waals surface area (Å²) in [7, 11) is 1.47. The lowest BCUT2D eigenvalue weighted by Gasteiger charge is -2.08. The van der Waals surface area contributed by atoms with Gasteiger partial charge in [0.15, 0.2) is 0 Å². The maximum Gasteiger partial charge on any atom is 0.389 e. The zero-order valence-corrected chi connectivity index (χ0v) is 9.91. The van der Waals surface area contributed by atoms with Crippen LogP contribution in [-0.2, 0) is 7.05 Å². The number of nitrogens with zero attached hydrogens (tertiary/aromatic N) is 2. The van der Waals surface area contributed by atoms with E-state index in [1.165, 1.54) is 18.7 Å². The second-order valence-electron chi connectivity index (χ2n) is 3.76. The van der Waals surface area contributed by atoms with Gasteiger partial charge in [-0.25, -0.2) is 9.48 Å². The van der Waals surface area contributed by atoms with E-state index in [1.54, 1.807) is 0 Å². The van der Waals surface area contributed by atoms with E-state index >= 15 is 0 Å². The molecule has 0 spiro atoms. The average molecular weight is 266 g/mol. The van der Waals surface area contributed by atoms with Crippen LogP contribution in [0.5, 0.6) is 5.88 Å². The van der Waals surface area contributed by atoms with Crippen molar-refractivity contribution in [3.05, 3.63) is 11.3 Å². The maximum absolute atomic E-state index is 11.9. The first kappa shape index (κ1) is 14.3. The number of alkyl halides is 3. The number of rotatable bonds is 5. The van der Waals surface area contributed by atoms with Gasteiger partial charge in [0.05, 0.1) is 12.3 Å². The molecule has 0 atom stereocenters. The zero-order chi connectivity index (χ0) is 13.9. The van der Waals surface area contributed by atoms with Crippen molar-refractivity contribution in [2.45, 2.75) is 25.9 Å². The maximum atomic E-state index is 11.9. The summed E-state index contributed by atoms with van der Waals surface area (Å²) in [5.41, 5.74) is 0.139. The van der Waals surface area contributed by atoms with Crippen molar-refractivity contribution in [2.75, 3.05) is 6.61 Å². The van der Waals surface area contributed by atoms with Crippen molar-refractivity contribution in [1.82, 2.24) is 9.78 Å². The molecule has 1 aromatic rings. The minimum atomic E-state index is -4.23. The topological polar surface area (TPSA) is 64.4 Å². The second kappa shape index (κ2) is 5.28. The second-order valence-corrected chi connectivity index (χ2v) is 3.76. The Kier molecular flexibility index (Phi) is 4.20. The average Bonchev–Trinajstić information content (AvgIpc) is 2.46. The number of aromatic carboxylic acids is 1. The van der Waals surface area contributed by atoms with Crippen molar-refractivity contribution in [2.24, 2.45) is 7.05 Å². The van der Waals surface area contributed by atoms with Gasteiger partial charge < -0.3 is 9.84 Å². The van der Waals surface area contributed by atoms with Crippen molar-refractivity contribution < 1.29 is 27.8 Å². The van der Waals surface area contributed by atoms with Crippen LogP contribution in [0.1, 0.15) is 28.9 Å². The van der Waals surface area contributed by atoms with E-state index in [-0.39, 0.29) is 30.2 Å². The van der Waals surface area contributed by atoms with Crippen LogP contribution in [0.25, 0.3) is 0 Å². The van der Waals surface area contributed by atoms with E-state index in [4.69, 9.17) is 9.84 Å². The molecule has 0 aliphatic heterocycles. The van der Waals surface area contributed by atoms with Crippen molar-refractivity contribution >= 4 is 5.97 Å². The highest BCUT2D eigenvalue weighted by Gasteiger charge is 2.27. The minimum absolute atomic E-state index is 0.0258. The Labute approximate surface area is 101 Å². The van der Waals surface area contributed by atoms with E-state index in [0.717, 1.165) is 0 Å². The molecule has 0 aliphatic rings. The first-order valence-corrected chi connectivity index (χ1v) is 5.19. The van der Waals surface area contributed by atoms with E-state index in [0.29, 0.717) is 0 Å². The van der Waals surface area contributed by atoms with Gasteiger partial charge in [-0.1, -0.05) is 0 Å². The molecule has 1 N–H and O–H groups in total. The summed E-state index contributed by atoms with van der Waals surface area (Å²) < 4.78 is 42.0. The summed E-state index contributed by atoms with van der Waals surface area (Å²) in [4.78, 5) is 10.9.